The van der Waals surface area contributed by atoms with Gasteiger partial charge >= 0.3 is 0 Å². The van der Waals surface area contributed by atoms with Crippen LogP contribution < -0.4 is 5.73 Å². The molecule has 21 heavy (non-hydrogen) atoms. The molecule has 0 spiro atoms. The lowest BCUT2D eigenvalue weighted by Crippen LogP contribution is -2.45. The number of carbonyl (C=O) groups excluding carboxylic acids is 1. The second-order valence-electron chi connectivity index (χ2n) is 6.61. The van der Waals surface area contributed by atoms with E-state index in [2.05, 4.69) is 6.92 Å². The van der Waals surface area contributed by atoms with Gasteiger partial charge in [-0.1, -0.05) is 64.7 Å². The van der Waals surface area contributed by atoms with Crippen LogP contribution >= 0.6 is 0 Å². The molecule has 124 valence electrons. The molecule has 3 heteroatoms. The van der Waals surface area contributed by atoms with E-state index in [4.69, 9.17) is 5.73 Å². The summed E-state index contributed by atoms with van der Waals surface area (Å²) < 4.78 is 0. The van der Waals surface area contributed by atoms with Gasteiger partial charge in [-0.25, -0.2) is 0 Å². The van der Waals surface area contributed by atoms with E-state index in [0.717, 1.165) is 38.8 Å². The lowest BCUT2D eigenvalue weighted by molar-refractivity contribution is -0.133. The molecule has 1 saturated heterocycles. The Balaban J connectivity index is 1.95. The van der Waals surface area contributed by atoms with Crippen LogP contribution in [0.3, 0.4) is 0 Å². The topological polar surface area (TPSA) is 46.3 Å². The number of hydrogen-bond donors (Lipinski definition) is 1. The first kappa shape index (κ1) is 18.5. The van der Waals surface area contributed by atoms with Crippen LogP contribution in [0.5, 0.6) is 0 Å². The van der Waals surface area contributed by atoms with Crippen molar-refractivity contribution >= 4 is 5.91 Å². The summed E-state index contributed by atoms with van der Waals surface area (Å²) in [7, 11) is 0. The third-order valence-corrected chi connectivity index (χ3v) is 4.60. The van der Waals surface area contributed by atoms with Gasteiger partial charge in [0, 0.05) is 13.1 Å². The van der Waals surface area contributed by atoms with Crippen molar-refractivity contribution in [2.45, 2.75) is 96.4 Å². The Morgan fingerprint density at radius 3 is 2.00 bits per heavy atom. The summed E-state index contributed by atoms with van der Waals surface area (Å²) >= 11 is 0. The largest absolute Gasteiger partial charge is 0.341 e. The molecule has 1 fully saturated rings. The van der Waals surface area contributed by atoms with Crippen LogP contribution in [0.15, 0.2) is 0 Å². The molecule has 1 rings (SSSR count). The maximum absolute atomic E-state index is 12.2. The minimum absolute atomic E-state index is 0.189. The van der Waals surface area contributed by atoms with Crippen LogP contribution in [0, 0.1) is 0 Å². The zero-order valence-corrected chi connectivity index (χ0v) is 14.1. The SMILES string of the molecule is CCCCCCCCCCCC(N)C(=O)N1CCCCC1. The Bertz CT molecular complexity index is 262. The van der Waals surface area contributed by atoms with Gasteiger partial charge in [0.15, 0.2) is 0 Å². The maximum atomic E-state index is 12.2. The zero-order chi connectivity index (χ0) is 15.3. The van der Waals surface area contributed by atoms with Crippen molar-refractivity contribution < 1.29 is 4.79 Å². The third kappa shape index (κ3) is 8.45. The number of nitrogens with two attached hydrogens (primary N) is 1. The summed E-state index contributed by atoms with van der Waals surface area (Å²) in [6.07, 6.45) is 16.3. The highest BCUT2D eigenvalue weighted by Crippen LogP contribution is 2.13. The van der Waals surface area contributed by atoms with Crippen LogP contribution in [-0.4, -0.2) is 29.9 Å². The third-order valence-electron chi connectivity index (χ3n) is 4.60. The van der Waals surface area contributed by atoms with Gasteiger partial charge in [-0.2, -0.15) is 0 Å². The van der Waals surface area contributed by atoms with Gasteiger partial charge < -0.3 is 10.6 Å². The molecule has 0 aliphatic carbocycles. The summed E-state index contributed by atoms with van der Waals surface area (Å²) in [5.41, 5.74) is 6.05. The molecule has 1 aliphatic rings. The minimum atomic E-state index is -0.257. The summed E-state index contributed by atoms with van der Waals surface area (Å²) in [6, 6.07) is -0.257. The van der Waals surface area contributed by atoms with Crippen molar-refractivity contribution in [1.29, 1.82) is 0 Å². The molecule has 0 aromatic carbocycles. The van der Waals surface area contributed by atoms with E-state index in [1.54, 1.807) is 0 Å². The number of hydrogen-bond acceptors (Lipinski definition) is 2. The number of likely N-dealkylation sites (tertiary alicyclic amines) is 1. The normalized spacial score (nSPS) is 17.0. The van der Waals surface area contributed by atoms with Gasteiger partial charge in [0.2, 0.25) is 5.91 Å². The van der Waals surface area contributed by atoms with Gasteiger partial charge in [-0.05, 0) is 25.7 Å². The first-order valence-corrected chi connectivity index (χ1v) is 9.30. The highest BCUT2D eigenvalue weighted by atomic mass is 16.2. The van der Waals surface area contributed by atoms with Crippen molar-refractivity contribution in [2.75, 3.05) is 13.1 Å². The predicted molar refractivity (Wildman–Crippen MR) is 90.3 cm³/mol. The number of amides is 1. The van der Waals surface area contributed by atoms with Crippen molar-refractivity contribution in [3.05, 3.63) is 0 Å². The van der Waals surface area contributed by atoms with Crippen molar-refractivity contribution in [1.82, 2.24) is 4.90 Å². The van der Waals surface area contributed by atoms with Gasteiger partial charge in [-0.3, -0.25) is 4.79 Å². The van der Waals surface area contributed by atoms with E-state index in [9.17, 15) is 4.79 Å². The van der Waals surface area contributed by atoms with Crippen molar-refractivity contribution in [3.63, 3.8) is 0 Å². The first-order chi connectivity index (χ1) is 10.3. The number of rotatable bonds is 11. The minimum Gasteiger partial charge on any atom is -0.341 e. The van der Waals surface area contributed by atoms with Crippen LogP contribution in [0.2, 0.25) is 0 Å². The van der Waals surface area contributed by atoms with E-state index in [1.165, 1.54) is 57.8 Å². The molecule has 0 aromatic rings. The van der Waals surface area contributed by atoms with E-state index in [0.29, 0.717) is 0 Å². The molecule has 0 bridgehead atoms. The summed E-state index contributed by atoms with van der Waals surface area (Å²) in [5.74, 6) is 0.189. The van der Waals surface area contributed by atoms with Gasteiger partial charge in [0.05, 0.1) is 6.04 Å². The summed E-state index contributed by atoms with van der Waals surface area (Å²) in [5, 5.41) is 0. The average Bonchev–Trinajstić information content (AvgIpc) is 2.53. The molecule has 1 amide bonds. The smallest absolute Gasteiger partial charge is 0.239 e. The average molecular weight is 296 g/mol. The second kappa shape index (κ2) is 12.0. The van der Waals surface area contributed by atoms with E-state index in [1.807, 2.05) is 4.90 Å². The molecular weight excluding hydrogens is 260 g/mol. The van der Waals surface area contributed by atoms with Gasteiger partial charge in [0.1, 0.15) is 0 Å². The molecular formula is C18H36N2O. The molecule has 0 saturated carbocycles. The fourth-order valence-electron chi connectivity index (χ4n) is 3.15. The molecule has 0 radical (unpaired) electrons. The lowest BCUT2D eigenvalue weighted by atomic mass is 10.0. The highest BCUT2D eigenvalue weighted by Gasteiger charge is 2.21. The maximum Gasteiger partial charge on any atom is 0.239 e. The van der Waals surface area contributed by atoms with Crippen LogP contribution in [0.25, 0.3) is 0 Å². The van der Waals surface area contributed by atoms with Crippen molar-refractivity contribution in [2.24, 2.45) is 5.73 Å². The van der Waals surface area contributed by atoms with Gasteiger partial charge in [-0.15, -0.1) is 0 Å². The molecule has 1 heterocycles. The monoisotopic (exact) mass is 296 g/mol. The first-order valence-electron chi connectivity index (χ1n) is 9.30. The van der Waals surface area contributed by atoms with Crippen LogP contribution in [0.1, 0.15) is 90.4 Å². The molecule has 2 N–H and O–H groups in total. The zero-order valence-electron chi connectivity index (χ0n) is 14.1. The van der Waals surface area contributed by atoms with Crippen LogP contribution in [-0.2, 0) is 4.79 Å². The number of carbonyl (C=O) groups is 1. The standard InChI is InChI=1S/C18H36N2O/c1-2-3-4-5-6-7-8-9-11-14-17(19)18(21)20-15-12-10-13-16-20/h17H,2-16,19H2,1H3. The molecule has 0 aromatic heterocycles. The van der Waals surface area contributed by atoms with E-state index >= 15 is 0 Å². The number of piperidine rings is 1. The number of unbranched alkanes of at least 4 members (excludes halogenated alkanes) is 8. The highest BCUT2D eigenvalue weighted by molar-refractivity contribution is 5.81. The molecule has 1 aliphatic heterocycles. The second-order valence-corrected chi connectivity index (χ2v) is 6.61. The van der Waals surface area contributed by atoms with E-state index < -0.39 is 0 Å². The fraction of sp³-hybridized carbons (Fsp3) is 0.944. The predicted octanol–water partition coefficient (Wildman–Crippen LogP) is 4.25. The Kier molecular flexibility index (Phi) is 10.6. The van der Waals surface area contributed by atoms with Gasteiger partial charge in [0.25, 0.3) is 0 Å². The van der Waals surface area contributed by atoms with Crippen LogP contribution in [0.4, 0.5) is 0 Å². The Morgan fingerprint density at radius 1 is 0.905 bits per heavy atom. The Morgan fingerprint density at radius 2 is 1.43 bits per heavy atom. The Hall–Kier alpha value is -0.570. The fourth-order valence-corrected chi connectivity index (χ4v) is 3.15. The van der Waals surface area contributed by atoms with Crippen molar-refractivity contribution in [3.8, 4) is 0 Å². The summed E-state index contributed by atoms with van der Waals surface area (Å²) in [6.45, 7) is 4.10. The molecule has 1 unspecified atom stereocenters. The molecule has 3 nitrogen and oxygen atoms in total. The lowest BCUT2D eigenvalue weighted by Gasteiger charge is -2.29. The number of nitrogens with zero attached hydrogens (tertiary/aromatic N) is 1. The van der Waals surface area contributed by atoms with E-state index in [-0.39, 0.29) is 11.9 Å². The Labute approximate surface area is 131 Å². The summed E-state index contributed by atoms with van der Waals surface area (Å²) in [4.78, 5) is 14.1. The molecule has 1 atom stereocenters. The quantitative estimate of drug-likeness (QED) is 0.579.